The highest BCUT2D eigenvalue weighted by atomic mass is 16.5. The molecule has 0 bridgehead atoms. The number of amides is 1. The molecule has 2 aliphatic heterocycles. The van der Waals surface area contributed by atoms with Crippen molar-refractivity contribution in [1.29, 1.82) is 0 Å². The van der Waals surface area contributed by atoms with Gasteiger partial charge in [0.15, 0.2) is 0 Å². The molecule has 3 heterocycles. The van der Waals surface area contributed by atoms with Crippen molar-refractivity contribution in [3.05, 3.63) is 53.6 Å². The molecular weight excluding hydrogens is 366 g/mol. The van der Waals surface area contributed by atoms with E-state index in [4.69, 9.17) is 9.72 Å². The van der Waals surface area contributed by atoms with E-state index >= 15 is 0 Å². The average Bonchev–Trinajstić information content (AvgIpc) is 3.04. The molecule has 0 radical (unpaired) electrons. The van der Waals surface area contributed by atoms with Gasteiger partial charge in [-0.15, -0.1) is 0 Å². The Bertz CT molecular complexity index is 998. The van der Waals surface area contributed by atoms with Gasteiger partial charge < -0.3 is 25.3 Å². The lowest BCUT2D eigenvalue weighted by atomic mass is 10.0. The zero-order chi connectivity index (χ0) is 19.6. The number of anilines is 1. The highest BCUT2D eigenvalue weighted by Crippen LogP contribution is 2.26. The lowest BCUT2D eigenvalue weighted by molar-refractivity contribution is 0.0929. The number of carbonyl (C=O) groups is 1. The number of fused-ring (bicyclic) bond motifs is 2. The van der Waals surface area contributed by atoms with Gasteiger partial charge in [0.25, 0.3) is 5.91 Å². The topological polar surface area (TPSA) is 82.3 Å². The van der Waals surface area contributed by atoms with Crippen LogP contribution in [0.25, 0.3) is 11.0 Å². The van der Waals surface area contributed by atoms with Crippen LogP contribution in [-0.4, -0.2) is 48.2 Å². The zero-order valence-electron chi connectivity index (χ0n) is 16.3. The highest BCUT2D eigenvalue weighted by Gasteiger charge is 2.25. The van der Waals surface area contributed by atoms with Crippen LogP contribution < -0.4 is 20.3 Å². The van der Waals surface area contributed by atoms with Gasteiger partial charge >= 0.3 is 0 Å². The number of H-pyrrole nitrogens is 1. The summed E-state index contributed by atoms with van der Waals surface area (Å²) in [5, 5.41) is 6.53. The number of imidazole rings is 1. The van der Waals surface area contributed by atoms with Crippen molar-refractivity contribution in [2.75, 3.05) is 31.1 Å². The second-order valence-corrected chi connectivity index (χ2v) is 7.66. The number of piperidine rings is 1. The largest absolute Gasteiger partial charge is 0.491 e. The summed E-state index contributed by atoms with van der Waals surface area (Å²) in [6.07, 6.45) is 1.97. The van der Waals surface area contributed by atoms with Crippen molar-refractivity contribution in [2.24, 2.45) is 0 Å². The van der Waals surface area contributed by atoms with Crippen molar-refractivity contribution in [1.82, 2.24) is 20.6 Å². The van der Waals surface area contributed by atoms with E-state index < -0.39 is 0 Å². The number of ether oxygens (including phenoxy) is 1. The summed E-state index contributed by atoms with van der Waals surface area (Å²) in [5.74, 6) is 1.51. The maximum Gasteiger partial charge on any atom is 0.255 e. The molecule has 1 saturated heterocycles. The van der Waals surface area contributed by atoms with Crippen molar-refractivity contribution < 1.29 is 9.53 Å². The van der Waals surface area contributed by atoms with E-state index in [0.29, 0.717) is 17.9 Å². The van der Waals surface area contributed by atoms with E-state index in [-0.39, 0.29) is 11.9 Å². The fraction of sp³-hybridized carbons (Fsp3) is 0.364. The quantitative estimate of drug-likeness (QED) is 0.639. The van der Waals surface area contributed by atoms with Gasteiger partial charge in [-0.1, -0.05) is 24.3 Å². The second-order valence-electron chi connectivity index (χ2n) is 7.66. The van der Waals surface area contributed by atoms with E-state index in [9.17, 15) is 4.79 Å². The molecule has 1 unspecified atom stereocenters. The highest BCUT2D eigenvalue weighted by molar-refractivity contribution is 5.97. The number of rotatable bonds is 3. The van der Waals surface area contributed by atoms with Crippen LogP contribution >= 0.6 is 0 Å². The number of hydrogen-bond donors (Lipinski definition) is 3. The van der Waals surface area contributed by atoms with Gasteiger partial charge in [-0.3, -0.25) is 4.79 Å². The van der Waals surface area contributed by atoms with Crippen molar-refractivity contribution in [3.63, 3.8) is 0 Å². The zero-order valence-corrected chi connectivity index (χ0v) is 16.3. The van der Waals surface area contributed by atoms with E-state index in [2.05, 4.69) is 20.5 Å². The summed E-state index contributed by atoms with van der Waals surface area (Å²) < 4.78 is 5.87. The first-order valence-corrected chi connectivity index (χ1v) is 10.2. The third kappa shape index (κ3) is 3.65. The first-order valence-electron chi connectivity index (χ1n) is 10.2. The minimum Gasteiger partial charge on any atom is -0.491 e. The third-order valence-electron chi connectivity index (χ3n) is 5.61. The SMILES string of the molecule is O=C(NC1CCCN(c2nc3ccccc3[nH]2)C1)c1cccc2c1OCCNC2. The molecule has 3 aromatic rings. The molecule has 0 spiro atoms. The van der Waals surface area contributed by atoms with Crippen LogP contribution in [-0.2, 0) is 6.54 Å². The Morgan fingerprint density at radius 1 is 1.21 bits per heavy atom. The molecule has 29 heavy (non-hydrogen) atoms. The van der Waals surface area contributed by atoms with Crippen LogP contribution in [0.3, 0.4) is 0 Å². The number of nitrogens with one attached hydrogen (secondary N) is 3. The molecule has 2 aliphatic rings. The molecule has 1 aromatic heterocycles. The molecule has 150 valence electrons. The van der Waals surface area contributed by atoms with Gasteiger partial charge in [0, 0.05) is 37.8 Å². The summed E-state index contributed by atoms with van der Waals surface area (Å²) in [4.78, 5) is 23.4. The summed E-state index contributed by atoms with van der Waals surface area (Å²) >= 11 is 0. The molecule has 1 amide bonds. The second kappa shape index (κ2) is 7.75. The molecule has 0 aliphatic carbocycles. The van der Waals surface area contributed by atoms with E-state index in [1.807, 2.05) is 42.5 Å². The fourth-order valence-corrected chi connectivity index (χ4v) is 4.16. The number of benzene rings is 2. The molecule has 2 aromatic carbocycles. The van der Waals surface area contributed by atoms with Crippen molar-refractivity contribution >= 4 is 22.9 Å². The number of aromatic nitrogens is 2. The average molecular weight is 391 g/mol. The van der Waals surface area contributed by atoms with Crippen LogP contribution in [0, 0.1) is 0 Å². The molecular formula is C22H25N5O2. The van der Waals surface area contributed by atoms with Gasteiger partial charge in [-0.05, 0) is 31.0 Å². The Kier molecular flexibility index (Phi) is 4.81. The van der Waals surface area contributed by atoms with Crippen LogP contribution in [0.4, 0.5) is 5.95 Å². The molecule has 3 N–H and O–H groups in total. The van der Waals surface area contributed by atoms with Crippen LogP contribution in [0.5, 0.6) is 5.75 Å². The minimum atomic E-state index is -0.0693. The Morgan fingerprint density at radius 3 is 3.07 bits per heavy atom. The summed E-state index contributed by atoms with van der Waals surface area (Å²) in [5.41, 5.74) is 3.65. The maximum atomic E-state index is 13.0. The summed E-state index contributed by atoms with van der Waals surface area (Å²) in [7, 11) is 0. The van der Waals surface area contributed by atoms with Crippen LogP contribution in [0.1, 0.15) is 28.8 Å². The maximum absolute atomic E-state index is 13.0. The van der Waals surface area contributed by atoms with Gasteiger partial charge in [0.2, 0.25) is 5.95 Å². The number of nitrogens with zero attached hydrogens (tertiary/aromatic N) is 2. The summed E-state index contributed by atoms with van der Waals surface area (Å²) in [6, 6.07) is 13.9. The van der Waals surface area contributed by atoms with Gasteiger partial charge in [-0.2, -0.15) is 0 Å². The van der Waals surface area contributed by atoms with E-state index in [1.54, 1.807) is 0 Å². The van der Waals surface area contributed by atoms with Crippen molar-refractivity contribution in [2.45, 2.75) is 25.4 Å². The molecule has 7 nitrogen and oxygen atoms in total. The number of hydrogen-bond acceptors (Lipinski definition) is 5. The molecule has 7 heteroatoms. The van der Waals surface area contributed by atoms with E-state index in [0.717, 1.165) is 61.6 Å². The number of carbonyl (C=O) groups excluding carboxylic acids is 1. The normalized spacial score (nSPS) is 19.3. The minimum absolute atomic E-state index is 0.0693. The monoisotopic (exact) mass is 391 g/mol. The van der Waals surface area contributed by atoms with Gasteiger partial charge in [0.05, 0.1) is 16.6 Å². The predicted molar refractivity (Wildman–Crippen MR) is 112 cm³/mol. The number of para-hydroxylation sites is 3. The Balaban J connectivity index is 1.31. The van der Waals surface area contributed by atoms with Crippen molar-refractivity contribution in [3.8, 4) is 5.75 Å². The summed E-state index contributed by atoms with van der Waals surface area (Å²) in [6.45, 7) is 3.75. The fourth-order valence-electron chi connectivity index (χ4n) is 4.16. The molecule has 1 fully saturated rings. The molecule has 1 atom stereocenters. The lowest BCUT2D eigenvalue weighted by Gasteiger charge is -2.33. The molecule has 5 rings (SSSR count). The van der Waals surface area contributed by atoms with E-state index in [1.165, 1.54) is 0 Å². The number of aromatic amines is 1. The first kappa shape index (κ1) is 18.0. The standard InChI is InChI=1S/C22H25N5O2/c28-21(17-7-3-5-15-13-23-10-12-29-20(15)17)24-16-6-4-11-27(14-16)22-25-18-8-1-2-9-19(18)26-22/h1-3,5,7-9,16,23H,4,6,10-14H2,(H,24,28)(H,25,26). The third-order valence-corrected chi connectivity index (χ3v) is 5.61. The van der Waals surface area contributed by atoms with Crippen LogP contribution in [0.2, 0.25) is 0 Å². The van der Waals surface area contributed by atoms with Crippen LogP contribution in [0.15, 0.2) is 42.5 Å². The lowest BCUT2D eigenvalue weighted by Crippen LogP contribution is -2.48. The Labute approximate surface area is 169 Å². The van der Waals surface area contributed by atoms with Gasteiger partial charge in [0.1, 0.15) is 12.4 Å². The molecule has 0 saturated carbocycles. The van der Waals surface area contributed by atoms with Gasteiger partial charge in [-0.25, -0.2) is 4.98 Å². The Hall–Kier alpha value is -3.06. The smallest absolute Gasteiger partial charge is 0.255 e. The predicted octanol–water partition coefficient (Wildman–Crippen LogP) is 2.44. The first-order chi connectivity index (χ1) is 14.3. The Morgan fingerprint density at radius 2 is 2.14 bits per heavy atom.